The fraction of sp³-hybridized carbons (Fsp3) is 0.545. The molecule has 0 radical (unpaired) electrons. The van der Waals surface area contributed by atoms with E-state index in [-0.39, 0.29) is 11.8 Å². The lowest BCUT2D eigenvalue weighted by Gasteiger charge is -2.32. The standard InChI is InChI=1S/C22H31N3O5/c1-5-7-13-16(20(26)27)23-21(28)29-17(22(3,4)6-2)14-18-24-25-19(30-18)15-11-9-8-10-12-15/h8-12,16-17H,5-7,13-14H2,1-4H3,(H,23,28)(H,26,27)/t16-,17-/m0/s1. The van der Waals surface area contributed by atoms with Crippen LogP contribution in [0, 0.1) is 5.41 Å². The molecule has 0 fully saturated rings. The second-order valence-corrected chi connectivity index (χ2v) is 7.98. The number of nitrogens with zero attached hydrogens (tertiary/aromatic N) is 2. The lowest BCUT2D eigenvalue weighted by molar-refractivity contribution is -0.139. The largest absolute Gasteiger partial charge is 0.480 e. The van der Waals surface area contributed by atoms with E-state index in [4.69, 9.17) is 9.15 Å². The number of aromatic nitrogens is 2. The fourth-order valence-electron chi connectivity index (χ4n) is 2.87. The number of carbonyl (C=O) groups excluding carboxylic acids is 1. The summed E-state index contributed by atoms with van der Waals surface area (Å²) in [4.78, 5) is 23.9. The molecule has 0 aliphatic rings. The van der Waals surface area contributed by atoms with Crippen molar-refractivity contribution >= 4 is 12.1 Å². The van der Waals surface area contributed by atoms with Crippen molar-refractivity contribution in [3.63, 3.8) is 0 Å². The fourth-order valence-corrected chi connectivity index (χ4v) is 2.87. The molecular weight excluding hydrogens is 386 g/mol. The number of carboxylic acids is 1. The second-order valence-electron chi connectivity index (χ2n) is 7.98. The van der Waals surface area contributed by atoms with Gasteiger partial charge in [-0.05, 0) is 25.0 Å². The predicted octanol–water partition coefficient (Wildman–Crippen LogP) is 4.45. The molecule has 0 bridgehead atoms. The number of hydrogen-bond donors (Lipinski definition) is 2. The van der Waals surface area contributed by atoms with Crippen molar-refractivity contribution in [1.29, 1.82) is 0 Å². The first kappa shape index (κ1) is 23.4. The number of carbonyl (C=O) groups is 2. The summed E-state index contributed by atoms with van der Waals surface area (Å²) in [5.41, 5.74) is 0.433. The Morgan fingerprint density at radius 2 is 1.90 bits per heavy atom. The number of unbranched alkanes of at least 4 members (excludes halogenated alkanes) is 1. The minimum absolute atomic E-state index is 0.237. The Bertz CT molecular complexity index is 819. The zero-order chi connectivity index (χ0) is 22.1. The van der Waals surface area contributed by atoms with Gasteiger partial charge in [0.05, 0.1) is 6.42 Å². The molecule has 30 heavy (non-hydrogen) atoms. The van der Waals surface area contributed by atoms with E-state index in [0.29, 0.717) is 24.6 Å². The van der Waals surface area contributed by atoms with Crippen LogP contribution in [0.1, 0.15) is 59.3 Å². The number of ether oxygens (including phenoxy) is 1. The first-order valence-electron chi connectivity index (χ1n) is 10.3. The Hall–Kier alpha value is -2.90. The summed E-state index contributed by atoms with van der Waals surface area (Å²) in [5, 5.41) is 20.0. The van der Waals surface area contributed by atoms with E-state index in [1.165, 1.54) is 0 Å². The first-order chi connectivity index (χ1) is 14.3. The molecule has 2 N–H and O–H groups in total. The van der Waals surface area contributed by atoms with Gasteiger partial charge < -0.3 is 19.6 Å². The molecule has 1 aromatic heterocycles. The quantitative estimate of drug-likeness (QED) is 0.555. The molecule has 8 heteroatoms. The van der Waals surface area contributed by atoms with Crippen LogP contribution in [0.5, 0.6) is 0 Å². The summed E-state index contributed by atoms with van der Waals surface area (Å²) in [6, 6.07) is 8.43. The zero-order valence-electron chi connectivity index (χ0n) is 18.1. The van der Waals surface area contributed by atoms with Crippen molar-refractivity contribution in [2.45, 2.75) is 71.9 Å². The summed E-state index contributed by atoms with van der Waals surface area (Å²) >= 11 is 0. The molecule has 0 saturated carbocycles. The molecule has 2 atom stereocenters. The minimum Gasteiger partial charge on any atom is -0.480 e. The maximum Gasteiger partial charge on any atom is 0.408 e. The average Bonchev–Trinajstić information content (AvgIpc) is 3.19. The molecule has 0 aliphatic heterocycles. The van der Waals surface area contributed by atoms with Crippen LogP contribution in [-0.4, -0.2) is 39.5 Å². The van der Waals surface area contributed by atoms with Crippen LogP contribution in [0.3, 0.4) is 0 Å². The third-order valence-electron chi connectivity index (χ3n) is 5.32. The van der Waals surface area contributed by atoms with Gasteiger partial charge in [0.15, 0.2) is 0 Å². The summed E-state index contributed by atoms with van der Waals surface area (Å²) in [5.74, 6) is -0.321. The van der Waals surface area contributed by atoms with E-state index >= 15 is 0 Å². The normalized spacial score (nSPS) is 13.5. The summed E-state index contributed by atoms with van der Waals surface area (Å²) in [6.07, 6.45) is 1.55. The molecular formula is C22H31N3O5. The average molecular weight is 418 g/mol. The van der Waals surface area contributed by atoms with E-state index in [2.05, 4.69) is 15.5 Å². The van der Waals surface area contributed by atoms with E-state index < -0.39 is 24.2 Å². The highest BCUT2D eigenvalue weighted by Crippen LogP contribution is 2.30. The van der Waals surface area contributed by atoms with Gasteiger partial charge in [0.2, 0.25) is 11.8 Å². The Morgan fingerprint density at radius 3 is 2.50 bits per heavy atom. The Labute approximate surface area is 177 Å². The number of aliphatic carboxylic acids is 1. The lowest BCUT2D eigenvalue weighted by atomic mass is 9.82. The first-order valence-corrected chi connectivity index (χ1v) is 10.3. The molecule has 2 aromatic rings. The van der Waals surface area contributed by atoms with Crippen molar-refractivity contribution in [3.05, 3.63) is 36.2 Å². The zero-order valence-corrected chi connectivity index (χ0v) is 18.1. The highest BCUT2D eigenvalue weighted by molar-refractivity contribution is 5.79. The van der Waals surface area contributed by atoms with Gasteiger partial charge in [-0.3, -0.25) is 0 Å². The number of rotatable bonds is 11. The van der Waals surface area contributed by atoms with Crippen LogP contribution in [0.4, 0.5) is 4.79 Å². The van der Waals surface area contributed by atoms with Crippen molar-refractivity contribution in [3.8, 4) is 11.5 Å². The molecule has 2 rings (SSSR count). The molecule has 0 spiro atoms. The highest BCUT2D eigenvalue weighted by atomic mass is 16.6. The SMILES string of the molecule is CCCC[C@H](NC(=O)O[C@@H](Cc1nnc(-c2ccccc2)o1)C(C)(C)CC)C(=O)O. The molecule has 8 nitrogen and oxygen atoms in total. The number of amides is 1. The highest BCUT2D eigenvalue weighted by Gasteiger charge is 2.34. The van der Waals surface area contributed by atoms with Gasteiger partial charge in [-0.2, -0.15) is 0 Å². The van der Waals surface area contributed by atoms with Crippen molar-refractivity contribution < 1.29 is 23.8 Å². The summed E-state index contributed by atoms with van der Waals surface area (Å²) in [6.45, 7) is 7.92. The van der Waals surface area contributed by atoms with Gasteiger partial charge in [0.25, 0.3) is 0 Å². The van der Waals surface area contributed by atoms with Crippen molar-refractivity contribution in [2.75, 3.05) is 0 Å². The van der Waals surface area contributed by atoms with Crippen LogP contribution in [-0.2, 0) is 16.0 Å². The molecule has 0 aliphatic carbocycles. The van der Waals surface area contributed by atoms with Crippen molar-refractivity contribution in [2.24, 2.45) is 5.41 Å². The number of carboxylic acid groups (broad SMARTS) is 1. The van der Waals surface area contributed by atoms with E-state index in [1.54, 1.807) is 0 Å². The van der Waals surface area contributed by atoms with Crippen molar-refractivity contribution in [1.82, 2.24) is 15.5 Å². The number of hydrogen-bond acceptors (Lipinski definition) is 6. The Balaban J connectivity index is 2.10. The minimum atomic E-state index is -1.07. The summed E-state index contributed by atoms with van der Waals surface area (Å²) < 4.78 is 11.4. The topological polar surface area (TPSA) is 115 Å². The van der Waals surface area contributed by atoms with Crippen LogP contribution >= 0.6 is 0 Å². The maximum atomic E-state index is 12.4. The molecule has 1 heterocycles. The van der Waals surface area contributed by atoms with Gasteiger partial charge in [-0.25, -0.2) is 9.59 Å². The van der Waals surface area contributed by atoms with E-state index in [9.17, 15) is 14.7 Å². The number of alkyl carbamates (subject to hydrolysis) is 1. The number of nitrogens with one attached hydrogen (secondary N) is 1. The van der Waals surface area contributed by atoms with E-state index in [0.717, 1.165) is 18.4 Å². The third kappa shape index (κ3) is 6.57. The molecule has 164 valence electrons. The Kier molecular flexibility index (Phi) is 8.38. The van der Waals surface area contributed by atoms with Gasteiger partial charge >= 0.3 is 12.1 Å². The predicted molar refractivity (Wildman–Crippen MR) is 112 cm³/mol. The Morgan fingerprint density at radius 1 is 1.20 bits per heavy atom. The van der Waals surface area contributed by atoms with Gasteiger partial charge in [0, 0.05) is 11.0 Å². The molecule has 0 unspecified atom stereocenters. The summed E-state index contributed by atoms with van der Waals surface area (Å²) in [7, 11) is 0. The van der Waals surface area contributed by atoms with Crippen LogP contribution in [0.25, 0.3) is 11.5 Å². The van der Waals surface area contributed by atoms with Gasteiger partial charge in [0.1, 0.15) is 12.1 Å². The smallest absolute Gasteiger partial charge is 0.408 e. The lowest BCUT2D eigenvalue weighted by Crippen LogP contribution is -2.45. The van der Waals surface area contributed by atoms with Crippen LogP contribution in [0.15, 0.2) is 34.7 Å². The van der Waals surface area contributed by atoms with Crippen LogP contribution < -0.4 is 5.32 Å². The van der Waals surface area contributed by atoms with E-state index in [1.807, 2.05) is 58.0 Å². The monoisotopic (exact) mass is 417 g/mol. The second kappa shape index (κ2) is 10.8. The maximum absolute atomic E-state index is 12.4. The third-order valence-corrected chi connectivity index (χ3v) is 5.32. The van der Waals surface area contributed by atoms with Crippen LogP contribution in [0.2, 0.25) is 0 Å². The van der Waals surface area contributed by atoms with Gasteiger partial charge in [-0.15, -0.1) is 10.2 Å². The molecule has 0 saturated heterocycles. The number of benzene rings is 1. The van der Waals surface area contributed by atoms with Gasteiger partial charge in [-0.1, -0.05) is 58.7 Å². The molecule has 1 aromatic carbocycles. The molecule has 1 amide bonds.